The zero-order valence-corrected chi connectivity index (χ0v) is 11.4. The number of para-hydroxylation sites is 2. The standard InChI is InChI=1S/C12H12N2O2S2/c1-15-8-4-2-3-5-9(8)16-7-11-14-6-10(18-11)12(13)17/h2-6H,7H2,1H3,(H2,13,17). The van der Waals surface area contributed by atoms with Crippen molar-refractivity contribution in [3.05, 3.63) is 40.3 Å². The van der Waals surface area contributed by atoms with E-state index in [1.165, 1.54) is 11.3 Å². The van der Waals surface area contributed by atoms with E-state index in [1.807, 2.05) is 24.3 Å². The van der Waals surface area contributed by atoms with E-state index < -0.39 is 0 Å². The van der Waals surface area contributed by atoms with E-state index >= 15 is 0 Å². The van der Waals surface area contributed by atoms with Crippen LogP contribution in [0.2, 0.25) is 0 Å². The molecule has 0 saturated heterocycles. The summed E-state index contributed by atoms with van der Waals surface area (Å²) >= 11 is 6.31. The topological polar surface area (TPSA) is 57.4 Å². The Bertz CT molecular complexity index is 555. The van der Waals surface area contributed by atoms with Gasteiger partial charge in [-0.25, -0.2) is 4.98 Å². The maximum absolute atomic E-state index is 5.65. The molecule has 1 heterocycles. The second-order valence-electron chi connectivity index (χ2n) is 3.42. The van der Waals surface area contributed by atoms with Crippen molar-refractivity contribution in [1.29, 1.82) is 0 Å². The third kappa shape index (κ3) is 2.96. The number of methoxy groups -OCH3 is 1. The molecule has 0 unspecified atom stereocenters. The van der Waals surface area contributed by atoms with E-state index in [4.69, 9.17) is 27.4 Å². The number of hydrogen-bond acceptors (Lipinski definition) is 5. The van der Waals surface area contributed by atoms with Crippen LogP contribution in [0.3, 0.4) is 0 Å². The lowest BCUT2D eigenvalue weighted by molar-refractivity contribution is 0.284. The number of aromatic nitrogens is 1. The fraction of sp³-hybridized carbons (Fsp3) is 0.167. The summed E-state index contributed by atoms with van der Waals surface area (Å²) in [4.78, 5) is 5.35. The van der Waals surface area contributed by atoms with Gasteiger partial charge >= 0.3 is 0 Å². The van der Waals surface area contributed by atoms with E-state index in [1.54, 1.807) is 13.3 Å². The maximum atomic E-state index is 5.65. The van der Waals surface area contributed by atoms with Crippen molar-refractivity contribution >= 4 is 28.5 Å². The van der Waals surface area contributed by atoms with Crippen LogP contribution in [0, 0.1) is 0 Å². The molecule has 0 aliphatic carbocycles. The predicted molar refractivity (Wildman–Crippen MR) is 75.3 cm³/mol. The van der Waals surface area contributed by atoms with E-state index in [0.717, 1.165) is 9.88 Å². The van der Waals surface area contributed by atoms with Crippen molar-refractivity contribution < 1.29 is 9.47 Å². The van der Waals surface area contributed by atoms with Gasteiger partial charge in [0, 0.05) is 6.20 Å². The highest BCUT2D eigenvalue weighted by atomic mass is 32.1. The van der Waals surface area contributed by atoms with Crippen molar-refractivity contribution in [2.45, 2.75) is 6.61 Å². The fourth-order valence-electron chi connectivity index (χ4n) is 1.37. The van der Waals surface area contributed by atoms with Crippen molar-refractivity contribution in [3.63, 3.8) is 0 Å². The Balaban J connectivity index is 2.04. The number of nitrogens with zero attached hydrogens (tertiary/aromatic N) is 1. The number of ether oxygens (including phenoxy) is 2. The van der Waals surface area contributed by atoms with Crippen LogP contribution >= 0.6 is 23.6 Å². The average Bonchev–Trinajstić information content (AvgIpc) is 2.85. The molecule has 18 heavy (non-hydrogen) atoms. The third-order valence-corrected chi connectivity index (χ3v) is 3.57. The first kappa shape index (κ1) is 12.8. The van der Waals surface area contributed by atoms with Crippen LogP contribution in [-0.4, -0.2) is 17.1 Å². The Morgan fingerprint density at radius 1 is 1.39 bits per heavy atom. The molecule has 0 aliphatic rings. The summed E-state index contributed by atoms with van der Waals surface area (Å²) in [6.07, 6.45) is 1.66. The van der Waals surface area contributed by atoms with E-state index in [2.05, 4.69) is 4.98 Å². The van der Waals surface area contributed by atoms with Crippen LogP contribution in [0.4, 0.5) is 0 Å². The first-order chi connectivity index (χ1) is 8.70. The van der Waals surface area contributed by atoms with E-state index in [9.17, 15) is 0 Å². The average molecular weight is 280 g/mol. The van der Waals surface area contributed by atoms with Crippen molar-refractivity contribution in [2.75, 3.05) is 7.11 Å². The van der Waals surface area contributed by atoms with Gasteiger partial charge in [0.1, 0.15) is 16.6 Å². The number of nitrogens with two attached hydrogens (primary N) is 1. The van der Waals surface area contributed by atoms with Gasteiger partial charge in [-0.1, -0.05) is 24.4 Å². The maximum Gasteiger partial charge on any atom is 0.161 e. The molecular weight excluding hydrogens is 268 g/mol. The van der Waals surface area contributed by atoms with Crippen LogP contribution in [0.5, 0.6) is 11.5 Å². The molecule has 0 saturated carbocycles. The zero-order chi connectivity index (χ0) is 13.0. The molecule has 94 valence electrons. The summed E-state index contributed by atoms with van der Waals surface area (Å²) in [5.41, 5.74) is 5.52. The molecule has 0 atom stereocenters. The molecule has 1 aromatic carbocycles. The second kappa shape index (κ2) is 5.79. The summed E-state index contributed by atoms with van der Waals surface area (Å²) < 4.78 is 10.8. The first-order valence-electron chi connectivity index (χ1n) is 5.21. The Kier molecular flexibility index (Phi) is 4.11. The minimum Gasteiger partial charge on any atom is -0.493 e. The van der Waals surface area contributed by atoms with Gasteiger partial charge in [-0.3, -0.25) is 0 Å². The van der Waals surface area contributed by atoms with Gasteiger partial charge in [0.05, 0.1) is 12.0 Å². The molecule has 0 radical (unpaired) electrons. The molecule has 6 heteroatoms. The fourth-order valence-corrected chi connectivity index (χ4v) is 2.23. The minimum absolute atomic E-state index is 0.357. The zero-order valence-electron chi connectivity index (χ0n) is 9.75. The Morgan fingerprint density at radius 2 is 2.11 bits per heavy atom. The lowest BCUT2D eigenvalue weighted by Crippen LogP contribution is -2.06. The molecule has 0 amide bonds. The van der Waals surface area contributed by atoms with Crippen LogP contribution in [-0.2, 0) is 6.61 Å². The van der Waals surface area contributed by atoms with Crippen LogP contribution < -0.4 is 15.2 Å². The summed E-state index contributed by atoms with van der Waals surface area (Å²) in [5.74, 6) is 1.38. The molecule has 2 rings (SSSR count). The Hall–Kier alpha value is -1.66. The molecule has 0 fully saturated rings. The third-order valence-electron chi connectivity index (χ3n) is 2.22. The normalized spacial score (nSPS) is 10.1. The highest BCUT2D eigenvalue weighted by Crippen LogP contribution is 2.27. The van der Waals surface area contributed by atoms with Crippen LogP contribution in [0.25, 0.3) is 0 Å². The van der Waals surface area contributed by atoms with Crippen molar-refractivity contribution in [2.24, 2.45) is 5.73 Å². The van der Waals surface area contributed by atoms with Gasteiger partial charge in [0.25, 0.3) is 0 Å². The molecule has 0 spiro atoms. The van der Waals surface area contributed by atoms with E-state index in [0.29, 0.717) is 23.1 Å². The van der Waals surface area contributed by atoms with Gasteiger partial charge in [-0.2, -0.15) is 0 Å². The lowest BCUT2D eigenvalue weighted by atomic mass is 10.3. The molecule has 2 N–H and O–H groups in total. The lowest BCUT2D eigenvalue weighted by Gasteiger charge is -2.08. The van der Waals surface area contributed by atoms with Crippen molar-refractivity contribution in [3.8, 4) is 11.5 Å². The largest absolute Gasteiger partial charge is 0.493 e. The molecule has 2 aromatic rings. The smallest absolute Gasteiger partial charge is 0.161 e. The Morgan fingerprint density at radius 3 is 2.72 bits per heavy atom. The van der Waals surface area contributed by atoms with Gasteiger partial charge in [0.15, 0.2) is 11.5 Å². The van der Waals surface area contributed by atoms with Crippen molar-refractivity contribution in [1.82, 2.24) is 4.98 Å². The summed E-state index contributed by atoms with van der Waals surface area (Å²) in [6.45, 7) is 0.369. The van der Waals surface area contributed by atoms with Crippen LogP contribution in [0.1, 0.15) is 9.88 Å². The predicted octanol–water partition coefficient (Wildman–Crippen LogP) is 2.36. The number of hydrogen-bond donors (Lipinski definition) is 1. The van der Waals surface area contributed by atoms with Gasteiger partial charge < -0.3 is 15.2 Å². The number of thiocarbonyl (C=S) groups is 1. The minimum atomic E-state index is 0.357. The molecule has 0 aliphatic heterocycles. The molecule has 4 nitrogen and oxygen atoms in total. The quantitative estimate of drug-likeness (QED) is 0.852. The summed E-state index contributed by atoms with van der Waals surface area (Å²) in [7, 11) is 1.61. The SMILES string of the molecule is COc1ccccc1OCc1ncc(C(N)=S)s1. The second-order valence-corrected chi connectivity index (χ2v) is 4.98. The van der Waals surface area contributed by atoms with Crippen LogP contribution in [0.15, 0.2) is 30.5 Å². The monoisotopic (exact) mass is 280 g/mol. The summed E-state index contributed by atoms with van der Waals surface area (Å²) in [6, 6.07) is 7.47. The molecular formula is C12H12N2O2S2. The molecule has 0 bridgehead atoms. The van der Waals surface area contributed by atoms with Gasteiger partial charge in [-0.15, -0.1) is 11.3 Å². The highest BCUT2D eigenvalue weighted by Gasteiger charge is 2.07. The first-order valence-corrected chi connectivity index (χ1v) is 6.43. The van der Waals surface area contributed by atoms with Gasteiger partial charge in [0.2, 0.25) is 0 Å². The number of thiazole rings is 1. The van der Waals surface area contributed by atoms with Gasteiger partial charge in [-0.05, 0) is 12.1 Å². The van der Waals surface area contributed by atoms with E-state index in [-0.39, 0.29) is 0 Å². The summed E-state index contributed by atoms with van der Waals surface area (Å²) in [5, 5.41) is 0.823. The molecule has 1 aromatic heterocycles. The number of benzene rings is 1. The number of rotatable bonds is 5. The highest BCUT2D eigenvalue weighted by molar-refractivity contribution is 7.81. The Labute approximate surface area is 114 Å².